The highest BCUT2D eigenvalue weighted by Gasteiger charge is 2.52. The van der Waals surface area contributed by atoms with Gasteiger partial charge in [0.2, 0.25) is 11.8 Å². The van der Waals surface area contributed by atoms with E-state index in [1.165, 1.54) is 19.2 Å². The van der Waals surface area contributed by atoms with Crippen molar-refractivity contribution in [1.29, 1.82) is 0 Å². The Morgan fingerprint density at radius 3 is 2.31 bits per heavy atom. The first-order valence-electron chi connectivity index (χ1n) is 10.9. The van der Waals surface area contributed by atoms with Crippen LogP contribution in [0.2, 0.25) is 0 Å². The van der Waals surface area contributed by atoms with Gasteiger partial charge in [-0.05, 0) is 24.1 Å². The van der Waals surface area contributed by atoms with Gasteiger partial charge in [-0.1, -0.05) is 55.8 Å². The van der Waals surface area contributed by atoms with Crippen LogP contribution in [0, 0.1) is 0 Å². The summed E-state index contributed by atoms with van der Waals surface area (Å²) in [6.45, 7) is 0.667. The number of benzene rings is 2. The van der Waals surface area contributed by atoms with Gasteiger partial charge >= 0.3 is 12.2 Å². The second kappa shape index (κ2) is 10.2. The van der Waals surface area contributed by atoms with E-state index < -0.39 is 59.8 Å². The number of nitrogens with one attached hydrogen (secondary N) is 2. The zero-order valence-corrected chi connectivity index (χ0v) is 19.2. The van der Waals surface area contributed by atoms with E-state index in [9.17, 15) is 32.3 Å². The minimum absolute atomic E-state index is 0.323. The highest BCUT2D eigenvalue weighted by atomic mass is 19.4. The average molecular weight is 490 g/mol. The Labute approximate surface area is 200 Å². The summed E-state index contributed by atoms with van der Waals surface area (Å²) < 4.78 is 39.4. The Kier molecular flexibility index (Phi) is 7.47. The molecule has 0 bridgehead atoms. The first kappa shape index (κ1) is 25.7. The number of likely N-dealkylation sites (N-methyl/N-ethyl adjacent to an activating group) is 1. The monoisotopic (exact) mass is 490 g/mol. The molecule has 186 valence electrons. The van der Waals surface area contributed by atoms with Gasteiger partial charge in [0.25, 0.3) is 5.91 Å². The number of hydrogen-bond donors (Lipinski definition) is 2. The summed E-state index contributed by atoms with van der Waals surface area (Å²) >= 11 is 0. The van der Waals surface area contributed by atoms with E-state index in [2.05, 4.69) is 10.6 Å². The molecule has 1 aliphatic heterocycles. The Bertz CT molecular complexity index is 1120. The van der Waals surface area contributed by atoms with E-state index >= 15 is 0 Å². The van der Waals surface area contributed by atoms with Gasteiger partial charge in [-0.3, -0.25) is 19.3 Å². The molecule has 0 aliphatic carbocycles. The van der Waals surface area contributed by atoms with Gasteiger partial charge in [0.15, 0.2) is 0 Å². The largest absolute Gasteiger partial charge is 0.418 e. The molecule has 1 unspecified atom stereocenters. The molecule has 5 amide bonds. The normalized spacial score (nSPS) is 17.8. The number of amides is 5. The molecule has 1 fully saturated rings. The maximum absolute atomic E-state index is 13.3. The molecule has 1 atom stereocenters. The average Bonchev–Trinajstić information content (AvgIpc) is 3.04. The van der Waals surface area contributed by atoms with Crippen molar-refractivity contribution >= 4 is 29.4 Å². The topological polar surface area (TPSA) is 98.8 Å². The molecule has 0 spiro atoms. The first-order valence-corrected chi connectivity index (χ1v) is 10.9. The Morgan fingerprint density at radius 2 is 1.69 bits per heavy atom. The molecule has 0 aromatic heterocycles. The molecule has 0 radical (unpaired) electrons. The first-order chi connectivity index (χ1) is 16.5. The molecule has 35 heavy (non-hydrogen) atoms. The molecule has 2 N–H and O–H groups in total. The molecule has 1 heterocycles. The number of carbonyl (C=O) groups is 4. The van der Waals surface area contributed by atoms with Gasteiger partial charge in [0.05, 0.1) is 17.8 Å². The highest BCUT2D eigenvalue weighted by Crippen LogP contribution is 2.35. The van der Waals surface area contributed by atoms with Crippen molar-refractivity contribution in [2.45, 2.75) is 31.5 Å². The van der Waals surface area contributed by atoms with Gasteiger partial charge < -0.3 is 15.5 Å². The molecule has 8 nitrogen and oxygen atoms in total. The van der Waals surface area contributed by atoms with E-state index in [0.29, 0.717) is 18.4 Å². The number of nitrogens with zero attached hydrogens (tertiary/aromatic N) is 2. The van der Waals surface area contributed by atoms with Crippen LogP contribution >= 0.6 is 0 Å². The second-order valence-electron chi connectivity index (χ2n) is 8.18. The van der Waals surface area contributed by atoms with E-state index in [4.69, 9.17) is 0 Å². The fourth-order valence-corrected chi connectivity index (χ4v) is 3.97. The van der Waals surface area contributed by atoms with Crippen LogP contribution in [0.4, 0.5) is 23.7 Å². The molecule has 3 rings (SSSR count). The predicted molar refractivity (Wildman–Crippen MR) is 121 cm³/mol. The maximum Gasteiger partial charge on any atom is 0.418 e. The van der Waals surface area contributed by atoms with Crippen molar-refractivity contribution in [3.8, 4) is 0 Å². The molecule has 11 heteroatoms. The van der Waals surface area contributed by atoms with Crippen LogP contribution < -0.4 is 10.6 Å². The summed E-state index contributed by atoms with van der Waals surface area (Å²) in [5.41, 5.74) is -2.17. The van der Waals surface area contributed by atoms with E-state index in [1.807, 2.05) is 6.92 Å². The maximum atomic E-state index is 13.3. The van der Waals surface area contributed by atoms with Crippen molar-refractivity contribution in [2.24, 2.45) is 0 Å². The van der Waals surface area contributed by atoms with Gasteiger partial charge in [0, 0.05) is 7.05 Å². The molecular formula is C24H25F3N4O4. The number of hydrogen-bond acceptors (Lipinski definition) is 4. The van der Waals surface area contributed by atoms with Crippen LogP contribution in [0.3, 0.4) is 0 Å². The lowest BCUT2D eigenvalue weighted by molar-refractivity contribution is -0.139. The van der Waals surface area contributed by atoms with Gasteiger partial charge in [0.1, 0.15) is 12.1 Å². The van der Waals surface area contributed by atoms with Crippen LogP contribution in [-0.4, -0.2) is 53.7 Å². The fraction of sp³-hybridized carbons (Fsp3) is 0.333. The van der Waals surface area contributed by atoms with E-state index in [1.54, 1.807) is 30.3 Å². The lowest BCUT2D eigenvalue weighted by Gasteiger charge is -2.27. The quantitative estimate of drug-likeness (QED) is 0.555. The number of urea groups is 1. The van der Waals surface area contributed by atoms with Gasteiger partial charge in [-0.25, -0.2) is 4.79 Å². The highest BCUT2D eigenvalue weighted by molar-refractivity contribution is 6.09. The summed E-state index contributed by atoms with van der Waals surface area (Å²) in [5.74, 6) is -2.17. The minimum atomic E-state index is -4.67. The summed E-state index contributed by atoms with van der Waals surface area (Å²) in [6, 6.07) is 12.4. The number of halogens is 3. The molecule has 1 saturated heterocycles. The molecule has 2 aromatic carbocycles. The van der Waals surface area contributed by atoms with Crippen molar-refractivity contribution in [2.75, 3.05) is 25.5 Å². The third-order valence-electron chi connectivity index (χ3n) is 5.67. The van der Waals surface area contributed by atoms with Crippen molar-refractivity contribution in [1.82, 2.24) is 15.1 Å². The van der Waals surface area contributed by atoms with Crippen LogP contribution in [0.5, 0.6) is 0 Å². The standard InChI is InChI=1S/C24H25F3N4O4/c1-3-13-23(16-9-5-4-6-10-16)21(34)31(22(35)29-23)15-20(33)30(2)14-19(32)28-18-12-8-7-11-17(18)24(25,26)27/h4-12H,3,13-15H2,1-2H3,(H,28,32)(H,29,35). The molecule has 1 aliphatic rings. The summed E-state index contributed by atoms with van der Waals surface area (Å²) in [5, 5.41) is 4.86. The van der Waals surface area contributed by atoms with Crippen LogP contribution in [0.25, 0.3) is 0 Å². The summed E-state index contributed by atoms with van der Waals surface area (Å²) in [7, 11) is 1.26. The number of imide groups is 1. The number of para-hydroxylation sites is 1. The third-order valence-corrected chi connectivity index (χ3v) is 5.67. The Hall–Kier alpha value is -3.89. The van der Waals surface area contributed by atoms with Crippen molar-refractivity contribution in [3.05, 3.63) is 65.7 Å². The SMILES string of the molecule is CCCC1(c2ccccc2)NC(=O)N(CC(=O)N(C)CC(=O)Nc2ccccc2C(F)(F)F)C1=O. The van der Waals surface area contributed by atoms with Crippen LogP contribution in [-0.2, 0) is 26.1 Å². The van der Waals surface area contributed by atoms with E-state index in [0.717, 1.165) is 21.9 Å². The number of rotatable bonds is 8. The van der Waals surface area contributed by atoms with Crippen molar-refractivity contribution in [3.63, 3.8) is 0 Å². The molecule has 0 saturated carbocycles. The second-order valence-corrected chi connectivity index (χ2v) is 8.18. The smallest absolute Gasteiger partial charge is 0.335 e. The zero-order chi connectivity index (χ0) is 25.8. The van der Waals surface area contributed by atoms with Crippen LogP contribution in [0.1, 0.15) is 30.9 Å². The fourth-order valence-electron chi connectivity index (χ4n) is 3.97. The minimum Gasteiger partial charge on any atom is -0.335 e. The Balaban J connectivity index is 1.68. The lowest BCUT2D eigenvalue weighted by atomic mass is 9.85. The van der Waals surface area contributed by atoms with Crippen LogP contribution in [0.15, 0.2) is 54.6 Å². The third kappa shape index (κ3) is 5.44. The van der Waals surface area contributed by atoms with E-state index in [-0.39, 0.29) is 0 Å². The van der Waals surface area contributed by atoms with Crippen molar-refractivity contribution < 1.29 is 32.3 Å². The molecular weight excluding hydrogens is 465 g/mol. The van der Waals surface area contributed by atoms with Gasteiger partial charge in [-0.15, -0.1) is 0 Å². The lowest BCUT2D eigenvalue weighted by Crippen LogP contribution is -2.46. The predicted octanol–water partition coefficient (Wildman–Crippen LogP) is 3.35. The zero-order valence-electron chi connectivity index (χ0n) is 19.2. The number of carbonyl (C=O) groups excluding carboxylic acids is 4. The Morgan fingerprint density at radius 1 is 1.06 bits per heavy atom. The van der Waals surface area contributed by atoms with Gasteiger partial charge in [-0.2, -0.15) is 13.2 Å². The number of alkyl halides is 3. The number of anilines is 1. The molecule has 2 aromatic rings. The summed E-state index contributed by atoms with van der Waals surface area (Å²) in [6.07, 6.45) is -3.76. The summed E-state index contributed by atoms with van der Waals surface area (Å²) in [4.78, 5) is 52.7.